The summed E-state index contributed by atoms with van der Waals surface area (Å²) in [5.41, 5.74) is 1.45. The molecular formula is C18H18Cl2N2O3S. The van der Waals surface area contributed by atoms with Crippen molar-refractivity contribution >= 4 is 52.0 Å². The van der Waals surface area contributed by atoms with E-state index in [1.165, 1.54) is 16.7 Å². The van der Waals surface area contributed by atoms with Crippen molar-refractivity contribution in [2.75, 3.05) is 0 Å². The first-order valence-electron chi connectivity index (χ1n) is 8.15. The Balaban J connectivity index is 2.18. The quantitative estimate of drug-likeness (QED) is 0.680. The van der Waals surface area contributed by atoms with Gasteiger partial charge in [0, 0.05) is 10.0 Å². The molecule has 0 radical (unpaired) electrons. The number of nitrogens with zero attached hydrogens (tertiary/aromatic N) is 2. The van der Waals surface area contributed by atoms with Crippen molar-refractivity contribution in [3.05, 3.63) is 45.1 Å². The van der Waals surface area contributed by atoms with Crippen molar-refractivity contribution in [1.29, 1.82) is 0 Å². The van der Waals surface area contributed by atoms with Crippen LogP contribution >= 0.6 is 35.0 Å². The van der Waals surface area contributed by atoms with Gasteiger partial charge in [0.25, 0.3) is 0 Å². The Morgan fingerprint density at radius 2 is 2.04 bits per heavy atom. The fourth-order valence-corrected chi connectivity index (χ4v) is 4.50. The first-order valence-corrected chi connectivity index (χ1v) is 9.79. The van der Waals surface area contributed by atoms with E-state index in [4.69, 9.17) is 27.9 Å². The number of hydrogen-bond acceptors (Lipinski definition) is 5. The number of carbonyl (C=O) groups is 2. The van der Waals surface area contributed by atoms with Crippen molar-refractivity contribution in [1.82, 2.24) is 4.90 Å². The highest BCUT2D eigenvalue weighted by atomic mass is 35.5. The SMILES string of the molecule is CC1=C(C(=O)OC(C)C)[C@H](c2ccc(Cl)cc2Cl)N2C(=O)[C@@H](C)SC2=N1. The van der Waals surface area contributed by atoms with Gasteiger partial charge >= 0.3 is 5.97 Å². The van der Waals surface area contributed by atoms with Gasteiger partial charge in [-0.25, -0.2) is 9.79 Å². The summed E-state index contributed by atoms with van der Waals surface area (Å²) in [7, 11) is 0. The number of thioether (sulfide) groups is 1. The molecule has 0 N–H and O–H groups in total. The van der Waals surface area contributed by atoms with E-state index < -0.39 is 12.0 Å². The second-order valence-corrected chi connectivity index (χ2v) is 8.54. The smallest absolute Gasteiger partial charge is 0.338 e. The molecule has 0 bridgehead atoms. The van der Waals surface area contributed by atoms with Crippen LogP contribution in [0.15, 0.2) is 34.5 Å². The van der Waals surface area contributed by atoms with Crippen LogP contribution in [0.5, 0.6) is 0 Å². The third-order valence-electron chi connectivity index (χ3n) is 4.08. The van der Waals surface area contributed by atoms with E-state index in [9.17, 15) is 9.59 Å². The van der Waals surface area contributed by atoms with E-state index in [2.05, 4.69) is 4.99 Å². The third-order valence-corrected chi connectivity index (χ3v) is 5.69. The minimum absolute atomic E-state index is 0.118. The first-order chi connectivity index (χ1) is 12.2. The van der Waals surface area contributed by atoms with Crippen molar-refractivity contribution in [3.8, 4) is 0 Å². The van der Waals surface area contributed by atoms with Crippen LogP contribution in [-0.4, -0.2) is 33.3 Å². The average molecular weight is 413 g/mol. The summed E-state index contributed by atoms with van der Waals surface area (Å²) in [6, 6.07) is 4.33. The molecule has 2 atom stereocenters. The van der Waals surface area contributed by atoms with Gasteiger partial charge in [0.05, 0.1) is 28.7 Å². The van der Waals surface area contributed by atoms with Gasteiger partial charge in [-0.15, -0.1) is 0 Å². The van der Waals surface area contributed by atoms with Crippen LogP contribution in [0.2, 0.25) is 10.0 Å². The number of amidine groups is 1. The molecule has 0 aromatic heterocycles. The number of esters is 1. The number of aliphatic imine (C=N–C) groups is 1. The van der Waals surface area contributed by atoms with Crippen LogP contribution in [0, 0.1) is 0 Å². The van der Waals surface area contributed by atoms with Gasteiger partial charge in [-0.05, 0) is 45.4 Å². The van der Waals surface area contributed by atoms with Crippen molar-refractivity contribution in [3.63, 3.8) is 0 Å². The van der Waals surface area contributed by atoms with Crippen LogP contribution in [0.3, 0.4) is 0 Å². The Hall–Kier alpha value is -1.50. The molecule has 0 aliphatic carbocycles. The predicted octanol–water partition coefficient (Wildman–Crippen LogP) is 4.59. The highest BCUT2D eigenvalue weighted by Gasteiger charge is 2.47. The molecule has 8 heteroatoms. The van der Waals surface area contributed by atoms with E-state index >= 15 is 0 Å². The first kappa shape index (κ1) is 19.3. The second kappa shape index (κ2) is 7.25. The van der Waals surface area contributed by atoms with Crippen LogP contribution in [0.1, 0.15) is 39.3 Å². The monoisotopic (exact) mass is 412 g/mol. The maximum absolute atomic E-state index is 12.8. The Kier molecular flexibility index (Phi) is 5.37. The van der Waals surface area contributed by atoms with Crippen molar-refractivity contribution in [2.45, 2.75) is 45.1 Å². The minimum atomic E-state index is -0.691. The molecule has 0 unspecified atom stereocenters. The number of carbonyl (C=O) groups excluding carboxylic acids is 2. The number of halogens is 2. The highest BCUT2D eigenvalue weighted by molar-refractivity contribution is 8.15. The molecule has 5 nitrogen and oxygen atoms in total. The summed E-state index contributed by atoms with van der Waals surface area (Å²) in [6.45, 7) is 7.10. The fraction of sp³-hybridized carbons (Fsp3) is 0.389. The number of amides is 1. The molecule has 2 aliphatic rings. The summed E-state index contributed by atoms with van der Waals surface area (Å²) in [5.74, 6) is -0.624. The Bertz CT molecular complexity index is 851. The molecule has 1 amide bonds. The summed E-state index contributed by atoms with van der Waals surface area (Å²) in [6.07, 6.45) is -0.294. The number of allylic oxidation sites excluding steroid dienone is 1. The Morgan fingerprint density at radius 3 is 2.65 bits per heavy atom. The average Bonchev–Trinajstić information content (AvgIpc) is 2.80. The van der Waals surface area contributed by atoms with E-state index in [0.29, 0.717) is 32.0 Å². The fourth-order valence-electron chi connectivity index (χ4n) is 2.96. The number of ether oxygens (including phenoxy) is 1. The molecule has 138 valence electrons. The molecule has 1 aromatic rings. The molecule has 1 fully saturated rings. The molecular weight excluding hydrogens is 395 g/mol. The minimum Gasteiger partial charge on any atom is -0.459 e. The highest BCUT2D eigenvalue weighted by Crippen LogP contribution is 2.45. The molecule has 1 saturated heterocycles. The van der Waals surface area contributed by atoms with E-state index in [1.807, 2.05) is 6.92 Å². The van der Waals surface area contributed by atoms with E-state index in [-0.39, 0.29) is 17.3 Å². The van der Waals surface area contributed by atoms with Crippen molar-refractivity contribution < 1.29 is 14.3 Å². The molecule has 0 saturated carbocycles. The van der Waals surface area contributed by atoms with E-state index in [1.54, 1.807) is 39.0 Å². The van der Waals surface area contributed by atoms with Gasteiger partial charge < -0.3 is 4.74 Å². The Morgan fingerprint density at radius 1 is 1.35 bits per heavy atom. The molecule has 3 rings (SSSR count). The maximum Gasteiger partial charge on any atom is 0.338 e. The molecule has 2 aliphatic heterocycles. The summed E-state index contributed by atoms with van der Waals surface area (Å²) < 4.78 is 5.41. The van der Waals surface area contributed by atoms with Gasteiger partial charge in [-0.1, -0.05) is 41.0 Å². The normalized spacial score (nSPS) is 22.7. The number of rotatable bonds is 3. The summed E-state index contributed by atoms with van der Waals surface area (Å²) >= 11 is 13.8. The maximum atomic E-state index is 12.8. The van der Waals surface area contributed by atoms with Crippen molar-refractivity contribution in [2.24, 2.45) is 4.99 Å². The van der Waals surface area contributed by atoms with Gasteiger partial charge in [0.1, 0.15) is 0 Å². The number of hydrogen-bond donors (Lipinski definition) is 0. The standard InChI is InChI=1S/C18H18Cl2N2O3S/c1-8(2)25-17(24)14-9(3)21-18-22(16(23)10(4)26-18)15(14)12-6-5-11(19)7-13(12)20/h5-8,10,15H,1-4H3/t10-,15+/m1/s1. The largest absolute Gasteiger partial charge is 0.459 e. The zero-order chi connectivity index (χ0) is 19.2. The van der Waals surface area contributed by atoms with Gasteiger partial charge in [0.15, 0.2) is 5.17 Å². The van der Waals surface area contributed by atoms with E-state index in [0.717, 1.165) is 0 Å². The van der Waals surface area contributed by atoms with Gasteiger partial charge in [-0.3, -0.25) is 9.69 Å². The topological polar surface area (TPSA) is 59.0 Å². The Labute approximate surface area is 166 Å². The van der Waals surface area contributed by atoms with Gasteiger partial charge in [0.2, 0.25) is 5.91 Å². The second-order valence-electron chi connectivity index (χ2n) is 6.38. The molecule has 2 heterocycles. The van der Waals surface area contributed by atoms with Crippen LogP contribution in [-0.2, 0) is 14.3 Å². The van der Waals surface area contributed by atoms with Crippen LogP contribution < -0.4 is 0 Å². The molecule has 0 spiro atoms. The zero-order valence-electron chi connectivity index (χ0n) is 14.7. The zero-order valence-corrected chi connectivity index (χ0v) is 17.1. The summed E-state index contributed by atoms with van der Waals surface area (Å²) in [5, 5.41) is 1.14. The molecule has 1 aromatic carbocycles. The lowest BCUT2D eigenvalue weighted by Gasteiger charge is -2.33. The number of benzene rings is 1. The lowest BCUT2D eigenvalue weighted by molar-refractivity contribution is -0.143. The predicted molar refractivity (Wildman–Crippen MR) is 104 cm³/mol. The molecule has 26 heavy (non-hydrogen) atoms. The number of fused-ring (bicyclic) bond motifs is 1. The van der Waals surface area contributed by atoms with Gasteiger partial charge in [-0.2, -0.15) is 0 Å². The lowest BCUT2D eigenvalue weighted by Crippen LogP contribution is -2.41. The lowest BCUT2D eigenvalue weighted by atomic mass is 9.94. The van der Waals surface area contributed by atoms with Crippen LogP contribution in [0.4, 0.5) is 0 Å². The van der Waals surface area contributed by atoms with Crippen LogP contribution in [0.25, 0.3) is 0 Å². The third kappa shape index (κ3) is 3.38. The summed E-state index contributed by atoms with van der Waals surface area (Å²) in [4.78, 5) is 31.6.